The molecule has 2 rings (SSSR count). The van der Waals surface area contributed by atoms with Gasteiger partial charge in [-0.3, -0.25) is 14.5 Å². The molecule has 1 aliphatic rings. The summed E-state index contributed by atoms with van der Waals surface area (Å²) in [5, 5.41) is 38.3. The maximum atomic E-state index is 11.7. The van der Waals surface area contributed by atoms with Crippen LogP contribution in [0.25, 0.3) is 0 Å². The highest BCUT2D eigenvalue weighted by atomic mass is 16.4. The van der Waals surface area contributed by atoms with Crippen LogP contribution in [0.15, 0.2) is 24.3 Å². The number of aliphatic hydroxyl groups excluding tert-OH is 3. The van der Waals surface area contributed by atoms with E-state index in [9.17, 15) is 30.0 Å². The van der Waals surface area contributed by atoms with Crippen LogP contribution in [-0.4, -0.2) is 55.4 Å². The first-order chi connectivity index (χ1) is 9.34. The first-order valence-electron chi connectivity index (χ1n) is 6.04. The molecule has 1 aliphatic heterocycles. The molecule has 1 aromatic carbocycles. The highest BCUT2D eigenvalue weighted by Crippen LogP contribution is 2.27. The molecule has 0 saturated carbocycles. The van der Waals surface area contributed by atoms with Crippen molar-refractivity contribution in [2.45, 2.75) is 31.3 Å². The van der Waals surface area contributed by atoms with Crippen LogP contribution in [0, 0.1) is 0 Å². The van der Waals surface area contributed by atoms with Gasteiger partial charge in [0.15, 0.2) is 12.2 Å². The van der Waals surface area contributed by atoms with Crippen LogP contribution in [0.2, 0.25) is 0 Å². The minimum Gasteiger partial charge on any atom is -0.508 e. The predicted molar refractivity (Wildman–Crippen MR) is 66.4 cm³/mol. The molecular formula is C13H15NO6. The largest absolute Gasteiger partial charge is 0.508 e. The summed E-state index contributed by atoms with van der Waals surface area (Å²) in [7, 11) is 0. The number of nitrogens with zero attached hydrogens (tertiary/aromatic N) is 1. The number of aromatic hydroxyl groups is 1. The van der Waals surface area contributed by atoms with E-state index in [1.54, 1.807) is 0 Å². The van der Waals surface area contributed by atoms with E-state index in [-0.39, 0.29) is 5.75 Å². The van der Waals surface area contributed by atoms with E-state index in [1.165, 1.54) is 31.2 Å². The Hall–Kier alpha value is -1.96. The Labute approximate surface area is 114 Å². The van der Waals surface area contributed by atoms with Gasteiger partial charge in [0.05, 0.1) is 12.1 Å². The molecule has 1 heterocycles. The van der Waals surface area contributed by atoms with E-state index < -0.39 is 36.2 Å². The number of amides is 2. The summed E-state index contributed by atoms with van der Waals surface area (Å²) in [6.45, 7) is 1.41. The fraction of sp³-hybridized carbons (Fsp3) is 0.385. The summed E-state index contributed by atoms with van der Waals surface area (Å²) in [6.07, 6.45) is -4.85. The van der Waals surface area contributed by atoms with E-state index in [4.69, 9.17) is 0 Å². The number of carbonyl (C=O) groups excluding carboxylic acids is 2. The molecule has 0 radical (unpaired) electrons. The lowest BCUT2D eigenvalue weighted by atomic mass is 10.0. The molecule has 7 heteroatoms. The van der Waals surface area contributed by atoms with Gasteiger partial charge in [-0.15, -0.1) is 0 Å². The Morgan fingerprint density at radius 1 is 1.15 bits per heavy atom. The monoisotopic (exact) mass is 281 g/mol. The van der Waals surface area contributed by atoms with Crippen molar-refractivity contribution in [3.63, 3.8) is 0 Å². The molecule has 1 saturated heterocycles. The Balaban J connectivity index is 2.25. The van der Waals surface area contributed by atoms with Gasteiger partial charge in [-0.05, 0) is 24.6 Å². The van der Waals surface area contributed by atoms with Gasteiger partial charge >= 0.3 is 0 Å². The SMILES string of the molecule is CC([C@H](O)c1cccc(O)c1)N1C(=O)C(O)C(O)C1=O. The summed E-state index contributed by atoms with van der Waals surface area (Å²) in [4.78, 5) is 24.1. The van der Waals surface area contributed by atoms with Crippen LogP contribution in [0.4, 0.5) is 0 Å². The van der Waals surface area contributed by atoms with Gasteiger partial charge in [-0.25, -0.2) is 0 Å². The molecule has 2 amide bonds. The van der Waals surface area contributed by atoms with Gasteiger partial charge in [0.1, 0.15) is 5.75 Å². The second-order valence-electron chi connectivity index (χ2n) is 4.72. The number of carbonyl (C=O) groups is 2. The smallest absolute Gasteiger partial charge is 0.261 e. The number of aliphatic hydroxyl groups is 3. The molecule has 4 N–H and O–H groups in total. The number of rotatable bonds is 3. The van der Waals surface area contributed by atoms with Crippen molar-refractivity contribution in [1.82, 2.24) is 4.90 Å². The first kappa shape index (κ1) is 14.4. The molecule has 3 unspecified atom stereocenters. The van der Waals surface area contributed by atoms with Crippen molar-refractivity contribution in [3.05, 3.63) is 29.8 Å². The molecule has 4 atom stereocenters. The number of hydrogen-bond acceptors (Lipinski definition) is 6. The van der Waals surface area contributed by atoms with Crippen molar-refractivity contribution >= 4 is 11.8 Å². The zero-order valence-corrected chi connectivity index (χ0v) is 10.7. The van der Waals surface area contributed by atoms with Crippen LogP contribution < -0.4 is 0 Å². The normalized spacial score (nSPS) is 25.9. The molecule has 1 aromatic rings. The van der Waals surface area contributed by atoms with Gasteiger partial charge in [0, 0.05) is 0 Å². The van der Waals surface area contributed by atoms with Gasteiger partial charge in [-0.2, -0.15) is 0 Å². The fourth-order valence-corrected chi connectivity index (χ4v) is 2.19. The van der Waals surface area contributed by atoms with Crippen LogP contribution >= 0.6 is 0 Å². The standard InChI is InChI=1S/C13H15NO6/c1-6(9(16)7-3-2-4-8(15)5-7)14-12(19)10(17)11(18)13(14)20/h2-6,9-11,15-18H,1H3/t6?,9-,10?,11?/m0/s1. The average Bonchev–Trinajstić information content (AvgIpc) is 2.61. The second kappa shape index (κ2) is 5.20. The third kappa shape index (κ3) is 2.26. The molecule has 0 aromatic heterocycles. The molecule has 108 valence electrons. The maximum Gasteiger partial charge on any atom is 0.261 e. The van der Waals surface area contributed by atoms with E-state index in [1.807, 2.05) is 0 Å². The van der Waals surface area contributed by atoms with Gasteiger partial charge in [0.25, 0.3) is 11.8 Å². The van der Waals surface area contributed by atoms with Gasteiger partial charge in [-0.1, -0.05) is 12.1 Å². The first-order valence-corrected chi connectivity index (χ1v) is 6.04. The number of phenolic OH excluding ortho intramolecular Hbond substituents is 1. The van der Waals surface area contributed by atoms with E-state index in [0.717, 1.165) is 0 Å². The lowest BCUT2D eigenvalue weighted by molar-refractivity contribution is -0.146. The van der Waals surface area contributed by atoms with E-state index in [0.29, 0.717) is 10.5 Å². The Kier molecular flexibility index (Phi) is 3.76. The van der Waals surface area contributed by atoms with Crippen LogP contribution in [0.3, 0.4) is 0 Å². The lowest BCUT2D eigenvalue weighted by Gasteiger charge is -2.27. The van der Waals surface area contributed by atoms with Gasteiger partial charge < -0.3 is 20.4 Å². The number of phenols is 1. The average molecular weight is 281 g/mol. The number of benzene rings is 1. The molecule has 0 bridgehead atoms. The molecule has 0 aliphatic carbocycles. The molecule has 0 spiro atoms. The maximum absolute atomic E-state index is 11.7. The van der Waals surface area contributed by atoms with Crippen molar-refractivity contribution in [3.8, 4) is 5.75 Å². The highest BCUT2D eigenvalue weighted by molar-refractivity contribution is 6.08. The van der Waals surface area contributed by atoms with Gasteiger partial charge in [0.2, 0.25) is 0 Å². The summed E-state index contributed by atoms with van der Waals surface area (Å²) >= 11 is 0. The Morgan fingerprint density at radius 3 is 2.20 bits per heavy atom. The Bertz CT molecular complexity index is 525. The second-order valence-corrected chi connectivity index (χ2v) is 4.72. The third-order valence-electron chi connectivity index (χ3n) is 3.36. The van der Waals surface area contributed by atoms with Crippen molar-refractivity contribution < 1.29 is 30.0 Å². The molecule has 1 fully saturated rings. The summed E-state index contributed by atoms with van der Waals surface area (Å²) in [6, 6.07) is 4.78. The summed E-state index contributed by atoms with van der Waals surface area (Å²) in [5.74, 6) is -1.96. The third-order valence-corrected chi connectivity index (χ3v) is 3.36. The van der Waals surface area contributed by atoms with Crippen LogP contribution in [0.1, 0.15) is 18.6 Å². The molecule has 7 nitrogen and oxygen atoms in total. The van der Waals surface area contributed by atoms with Crippen LogP contribution in [0.5, 0.6) is 5.75 Å². The Morgan fingerprint density at radius 2 is 1.70 bits per heavy atom. The van der Waals surface area contributed by atoms with Crippen molar-refractivity contribution in [2.75, 3.05) is 0 Å². The topological polar surface area (TPSA) is 118 Å². The number of hydrogen-bond donors (Lipinski definition) is 4. The summed E-state index contributed by atoms with van der Waals surface area (Å²) < 4.78 is 0. The van der Waals surface area contributed by atoms with Crippen molar-refractivity contribution in [2.24, 2.45) is 0 Å². The molecular weight excluding hydrogens is 266 g/mol. The van der Waals surface area contributed by atoms with E-state index in [2.05, 4.69) is 0 Å². The summed E-state index contributed by atoms with van der Waals surface area (Å²) in [5.41, 5.74) is 0.314. The fourth-order valence-electron chi connectivity index (χ4n) is 2.19. The number of likely N-dealkylation sites (tertiary alicyclic amines) is 1. The lowest BCUT2D eigenvalue weighted by Crippen LogP contribution is -2.43. The van der Waals surface area contributed by atoms with Crippen LogP contribution in [-0.2, 0) is 9.59 Å². The predicted octanol–water partition coefficient (Wildman–Crippen LogP) is -1.10. The molecule has 20 heavy (non-hydrogen) atoms. The van der Waals surface area contributed by atoms with Crippen molar-refractivity contribution in [1.29, 1.82) is 0 Å². The van der Waals surface area contributed by atoms with E-state index >= 15 is 0 Å². The quantitative estimate of drug-likeness (QED) is 0.523. The minimum absolute atomic E-state index is 0.0621. The highest BCUT2D eigenvalue weighted by Gasteiger charge is 2.49. The number of imide groups is 1. The minimum atomic E-state index is -1.80. The zero-order valence-electron chi connectivity index (χ0n) is 10.7. The zero-order chi connectivity index (χ0) is 15.0.